The van der Waals surface area contributed by atoms with Gasteiger partial charge in [-0.15, -0.1) is 0 Å². The number of ether oxygens (including phenoxy) is 1. The molecule has 0 aliphatic rings. The number of hydrogen-bond acceptors (Lipinski definition) is 4. The quantitative estimate of drug-likeness (QED) is 0.808. The van der Waals surface area contributed by atoms with Gasteiger partial charge in [0.1, 0.15) is 11.5 Å². The maximum Gasteiger partial charge on any atom is 0.255 e. The van der Waals surface area contributed by atoms with Crippen molar-refractivity contribution in [2.75, 3.05) is 20.7 Å². The molecule has 0 unspecified atom stereocenters. The molecule has 6 nitrogen and oxygen atoms in total. The van der Waals surface area contributed by atoms with E-state index in [1.54, 1.807) is 55.6 Å². The Kier molecular flexibility index (Phi) is 6.39. The Balaban J connectivity index is 1.83. The Labute approximate surface area is 147 Å². The Morgan fingerprint density at radius 2 is 1.80 bits per heavy atom. The van der Waals surface area contributed by atoms with Crippen molar-refractivity contribution in [3.05, 3.63) is 59.7 Å². The smallest absolute Gasteiger partial charge is 0.255 e. The van der Waals surface area contributed by atoms with E-state index < -0.39 is 0 Å². The highest BCUT2D eigenvalue weighted by Crippen LogP contribution is 2.18. The SMILES string of the molecule is COc1ccccc1C(=O)NCCC(=O)N(C)Cc1ccccc1O. The molecular weight excluding hydrogens is 320 g/mol. The summed E-state index contributed by atoms with van der Waals surface area (Å²) in [6.45, 7) is 0.535. The van der Waals surface area contributed by atoms with Crippen LogP contribution in [-0.4, -0.2) is 42.5 Å². The van der Waals surface area contributed by atoms with E-state index in [0.29, 0.717) is 23.4 Å². The second kappa shape index (κ2) is 8.73. The lowest BCUT2D eigenvalue weighted by Crippen LogP contribution is -2.32. The van der Waals surface area contributed by atoms with Crippen LogP contribution in [0.5, 0.6) is 11.5 Å². The van der Waals surface area contributed by atoms with Crippen LogP contribution >= 0.6 is 0 Å². The van der Waals surface area contributed by atoms with Gasteiger partial charge >= 0.3 is 0 Å². The van der Waals surface area contributed by atoms with Crippen molar-refractivity contribution in [3.63, 3.8) is 0 Å². The molecule has 0 radical (unpaired) electrons. The molecule has 132 valence electrons. The van der Waals surface area contributed by atoms with E-state index in [1.807, 2.05) is 0 Å². The van der Waals surface area contributed by atoms with Crippen LogP contribution in [0, 0.1) is 0 Å². The van der Waals surface area contributed by atoms with Crippen LogP contribution in [-0.2, 0) is 11.3 Å². The summed E-state index contributed by atoms with van der Waals surface area (Å²) in [6.07, 6.45) is 0.172. The summed E-state index contributed by atoms with van der Waals surface area (Å²) < 4.78 is 5.15. The lowest BCUT2D eigenvalue weighted by Gasteiger charge is -2.18. The molecule has 0 spiro atoms. The van der Waals surface area contributed by atoms with Gasteiger partial charge in [0.15, 0.2) is 0 Å². The number of phenols is 1. The summed E-state index contributed by atoms with van der Waals surface area (Å²) in [7, 11) is 3.17. The summed E-state index contributed by atoms with van der Waals surface area (Å²) >= 11 is 0. The zero-order valence-corrected chi connectivity index (χ0v) is 14.4. The summed E-state index contributed by atoms with van der Waals surface area (Å²) in [5.41, 5.74) is 1.11. The topological polar surface area (TPSA) is 78.9 Å². The number of para-hydroxylation sites is 2. The summed E-state index contributed by atoms with van der Waals surface area (Å²) in [5, 5.41) is 12.5. The predicted octanol–water partition coefficient (Wildman–Crippen LogP) is 2.18. The van der Waals surface area contributed by atoms with E-state index >= 15 is 0 Å². The number of carbonyl (C=O) groups excluding carboxylic acids is 2. The van der Waals surface area contributed by atoms with Crippen molar-refractivity contribution in [1.29, 1.82) is 0 Å². The average molecular weight is 342 g/mol. The monoisotopic (exact) mass is 342 g/mol. The number of rotatable bonds is 7. The third-order valence-corrected chi connectivity index (χ3v) is 3.80. The van der Waals surface area contributed by atoms with Crippen molar-refractivity contribution < 1.29 is 19.4 Å². The van der Waals surface area contributed by atoms with Crippen molar-refractivity contribution >= 4 is 11.8 Å². The number of benzene rings is 2. The first-order valence-corrected chi connectivity index (χ1v) is 7.95. The zero-order chi connectivity index (χ0) is 18.2. The van der Waals surface area contributed by atoms with Gasteiger partial charge in [-0.2, -0.15) is 0 Å². The van der Waals surface area contributed by atoms with Gasteiger partial charge in [0.05, 0.1) is 12.7 Å². The number of carbonyl (C=O) groups is 2. The number of nitrogens with one attached hydrogen (secondary N) is 1. The maximum absolute atomic E-state index is 12.2. The van der Waals surface area contributed by atoms with Gasteiger partial charge in [-0.25, -0.2) is 0 Å². The Bertz CT molecular complexity index is 746. The van der Waals surface area contributed by atoms with Gasteiger partial charge in [-0.1, -0.05) is 30.3 Å². The number of nitrogens with zero attached hydrogens (tertiary/aromatic N) is 1. The summed E-state index contributed by atoms with van der Waals surface area (Å²) in [5.74, 6) is 0.242. The highest BCUT2D eigenvalue weighted by Gasteiger charge is 2.14. The molecule has 0 aliphatic heterocycles. The van der Waals surface area contributed by atoms with Gasteiger partial charge in [0.25, 0.3) is 5.91 Å². The molecule has 2 aromatic carbocycles. The normalized spacial score (nSPS) is 10.2. The third kappa shape index (κ3) is 4.97. The van der Waals surface area contributed by atoms with Gasteiger partial charge < -0.3 is 20.1 Å². The van der Waals surface area contributed by atoms with Crippen LogP contribution in [0.25, 0.3) is 0 Å². The molecule has 2 aromatic rings. The molecule has 25 heavy (non-hydrogen) atoms. The summed E-state index contributed by atoms with van der Waals surface area (Å²) in [6, 6.07) is 13.8. The predicted molar refractivity (Wildman–Crippen MR) is 94.5 cm³/mol. The first-order chi connectivity index (χ1) is 12.0. The minimum Gasteiger partial charge on any atom is -0.508 e. The number of hydrogen-bond donors (Lipinski definition) is 2. The van der Waals surface area contributed by atoms with E-state index in [4.69, 9.17) is 4.74 Å². The van der Waals surface area contributed by atoms with Crippen LogP contribution in [0.4, 0.5) is 0 Å². The van der Waals surface area contributed by atoms with Crippen molar-refractivity contribution in [3.8, 4) is 11.5 Å². The molecule has 0 heterocycles. The standard InChI is InChI=1S/C19H22N2O4/c1-21(13-14-7-3-5-9-16(14)22)18(23)11-12-20-19(24)15-8-4-6-10-17(15)25-2/h3-10,22H,11-13H2,1-2H3,(H,20,24). The lowest BCUT2D eigenvalue weighted by atomic mass is 10.2. The van der Waals surface area contributed by atoms with E-state index in [0.717, 1.165) is 0 Å². The molecule has 0 fully saturated rings. The molecule has 2 rings (SSSR count). The second-order valence-electron chi connectivity index (χ2n) is 5.58. The van der Waals surface area contributed by atoms with E-state index in [-0.39, 0.29) is 30.5 Å². The minimum atomic E-state index is -0.284. The lowest BCUT2D eigenvalue weighted by molar-refractivity contribution is -0.130. The molecular formula is C19H22N2O4. The molecule has 0 atom stereocenters. The Hall–Kier alpha value is -3.02. The fourth-order valence-electron chi connectivity index (χ4n) is 2.39. The van der Waals surface area contributed by atoms with Crippen LogP contribution in [0.15, 0.2) is 48.5 Å². The fourth-order valence-corrected chi connectivity index (χ4v) is 2.39. The molecule has 6 heteroatoms. The molecule has 0 saturated heterocycles. The first-order valence-electron chi connectivity index (χ1n) is 7.95. The average Bonchev–Trinajstić information content (AvgIpc) is 2.63. The fraction of sp³-hybridized carbons (Fsp3) is 0.263. The van der Waals surface area contributed by atoms with Crippen molar-refractivity contribution in [2.24, 2.45) is 0 Å². The van der Waals surface area contributed by atoms with Gasteiger partial charge in [0, 0.05) is 32.1 Å². The number of aromatic hydroxyl groups is 1. The van der Waals surface area contributed by atoms with E-state index in [1.165, 1.54) is 12.0 Å². The van der Waals surface area contributed by atoms with Gasteiger partial charge in [0.2, 0.25) is 5.91 Å². The summed E-state index contributed by atoms with van der Waals surface area (Å²) in [4.78, 5) is 25.8. The zero-order valence-electron chi connectivity index (χ0n) is 14.4. The Morgan fingerprint density at radius 3 is 2.52 bits per heavy atom. The Morgan fingerprint density at radius 1 is 1.12 bits per heavy atom. The first kappa shape index (κ1) is 18.3. The highest BCUT2D eigenvalue weighted by atomic mass is 16.5. The molecule has 0 bridgehead atoms. The largest absolute Gasteiger partial charge is 0.508 e. The highest BCUT2D eigenvalue weighted by molar-refractivity contribution is 5.97. The van der Waals surface area contributed by atoms with Crippen LogP contribution < -0.4 is 10.1 Å². The van der Waals surface area contributed by atoms with E-state index in [9.17, 15) is 14.7 Å². The molecule has 2 N–H and O–H groups in total. The number of amides is 2. The number of phenolic OH excluding ortho intramolecular Hbond substituents is 1. The van der Waals surface area contributed by atoms with Gasteiger partial charge in [-0.05, 0) is 18.2 Å². The van der Waals surface area contributed by atoms with Crippen LogP contribution in [0.3, 0.4) is 0 Å². The number of methoxy groups -OCH3 is 1. The minimum absolute atomic E-state index is 0.122. The molecule has 2 amide bonds. The van der Waals surface area contributed by atoms with Gasteiger partial charge in [-0.3, -0.25) is 9.59 Å². The molecule has 0 aliphatic carbocycles. The van der Waals surface area contributed by atoms with E-state index in [2.05, 4.69) is 5.32 Å². The molecule has 0 saturated carbocycles. The van der Waals surface area contributed by atoms with Crippen LogP contribution in [0.2, 0.25) is 0 Å². The third-order valence-electron chi connectivity index (χ3n) is 3.80. The second-order valence-corrected chi connectivity index (χ2v) is 5.58. The van der Waals surface area contributed by atoms with Crippen molar-refractivity contribution in [2.45, 2.75) is 13.0 Å². The van der Waals surface area contributed by atoms with Crippen LogP contribution in [0.1, 0.15) is 22.3 Å². The van der Waals surface area contributed by atoms with Crippen molar-refractivity contribution in [1.82, 2.24) is 10.2 Å². The maximum atomic E-state index is 12.2. The molecule has 0 aromatic heterocycles.